The topological polar surface area (TPSA) is 40.5 Å². The molecule has 1 aliphatic rings. The maximum Gasteiger partial charge on any atom is 0.193 e. The van der Waals surface area contributed by atoms with Gasteiger partial charge in [0.05, 0.1) is 17.2 Å². The molecule has 0 aromatic carbocycles. The maximum atomic E-state index is 4.43. The Bertz CT molecular complexity index is 402. The molecule has 0 unspecified atom stereocenters. The van der Waals surface area contributed by atoms with Gasteiger partial charge in [0, 0.05) is 31.4 Å². The maximum absolute atomic E-state index is 4.43. The van der Waals surface area contributed by atoms with E-state index >= 15 is 0 Å². The Morgan fingerprint density at radius 3 is 2.71 bits per heavy atom. The minimum atomic E-state index is 0. The van der Waals surface area contributed by atoms with Gasteiger partial charge in [-0.1, -0.05) is 0 Å². The first kappa shape index (κ1) is 14.7. The molecule has 1 aromatic rings. The average Bonchev–Trinajstić information content (AvgIpc) is 2.75. The number of halogens is 1. The van der Waals surface area contributed by atoms with Gasteiger partial charge < -0.3 is 10.2 Å². The first-order valence-electron chi connectivity index (χ1n) is 5.59. The van der Waals surface area contributed by atoms with E-state index in [9.17, 15) is 0 Å². The Kier molecular flexibility index (Phi) is 5.64. The molecule has 0 saturated heterocycles. The molecule has 0 radical (unpaired) electrons. The number of nitrogens with one attached hydrogen (secondary N) is 1. The molecule has 2 heterocycles. The highest BCUT2D eigenvalue weighted by Crippen LogP contribution is 2.17. The van der Waals surface area contributed by atoms with Crippen molar-refractivity contribution in [2.75, 3.05) is 26.7 Å². The zero-order chi connectivity index (χ0) is 11.5. The molecule has 0 bridgehead atoms. The summed E-state index contributed by atoms with van der Waals surface area (Å²) < 4.78 is 0. The number of aryl methyl sites for hydroxylation is 2. The Morgan fingerprint density at radius 2 is 2.18 bits per heavy atom. The molecule has 0 fully saturated rings. The smallest absolute Gasteiger partial charge is 0.193 e. The molecule has 0 amide bonds. The summed E-state index contributed by atoms with van der Waals surface area (Å²) in [7, 11) is 2.07. The van der Waals surface area contributed by atoms with Crippen LogP contribution in [0.3, 0.4) is 0 Å². The summed E-state index contributed by atoms with van der Waals surface area (Å²) >= 11 is 1.79. The van der Waals surface area contributed by atoms with Crippen LogP contribution in [0.4, 0.5) is 0 Å². The number of nitrogens with zero attached hydrogens (tertiary/aromatic N) is 3. The molecular formula is C11H19IN4S. The molecule has 0 aliphatic carbocycles. The van der Waals surface area contributed by atoms with Gasteiger partial charge >= 0.3 is 0 Å². The van der Waals surface area contributed by atoms with Gasteiger partial charge in [-0.3, -0.25) is 4.99 Å². The molecule has 4 nitrogen and oxygen atoms in total. The van der Waals surface area contributed by atoms with E-state index in [0.29, 0.717) is 0 Å². The highest BCUT2D eigenvalue weighted by atomic mass is 127. The summed E-state index contributed by atoms with van der Waals surface area (Å²) in [6, 6.07) is 0. The van der Waals surface area contributed by atoms with E-state index in [1.165, 1.54) is 10.6 Å². The fraction of sp³-hybridized carbons (Fsp3) is 0.636. The van der Waals surface area contributed by atoms with Crippen LogP contribution in [-0.4, -0.2) is 42.5 Å². The van der Waals surface area contributed by atoms with E-state index < -0.39 is 0 Å². The highest BCUT2D eigenvalue weighted by Gasteiger charge is 2.11. The molecular weight excluding hydrogens is 347 g/mol. The average molecular weight is 366 g/mol. The summed E-state index contributed by atoms with van der Waals surface area (Å²) in [6.45, 7) is 7.02. The van der Waals surface area contributed by atoms with Gasteiger partial charge in [-0.05, 0) is 13.8 Å². The van der Waals surface area contributed by atoms with Crippen LogP contribution in [0.2, 0.25) is 0 Å². The minimum absolute atomic E-state index is 0. The van der Waals surface area contributed by atoms with Crippen LogP contribution in [0.25, 0.3) is 0 Å². The predicted molar refractivity (Wildman–Crippen MR) is 83.6 cm³/mol. The van der Waals surface area contributed by atoms with Crippen molar-refractivity contribution in [3.63, 3.8) is 0 Å². The third-order valence-electron chi connectivity index (χ3n) is 2.69. The van der Waals surface area contributed by atoms with E-state index in [1.54, 1.807) is 11.3 Å². The summed E-state index contributed by atoms with van der Waals surface area (Å²) in [5.74, 6) is 1.03. The van der Waals surface area contributed by atoms with Crippen molar-refractivity contribution in [2.45, 2.75) is 20.3 Å². The number of hydrogen-bond donors (Lipinski definition) is 1. The molecule has 1 aromatic heterocycles. The molecule has 0 saturated carbocycles. The lowest BCUT2D eigenvalue weighted by atomic mass is 10.3. The third-order valence-corrected chi connectivity index (χ3v) is 3.83. The van der Waals surface area contributed by atoms with E-state index in [-0.39, 0.29) is 24.0 Å². The van der Waals surface area contributed by atoms with E-state index in [1.807, 2.05) is 0 Å². The summed E-state index contributed by atoms with van der Waals surface area (Å²) in [6.07, 6.45) is 1.03. The number of aliphatic imine (C=N–C) groups is 1. The second-order valence-corrected chi connectivity index (χ2v) is 5.33. The monoisotopic (exact) mass is 366 g/mol. The lowest BCUT2D eigenvalue weighted by Crippen LogP contribution is -2.36. The number of thiazole rings is 1. The third kappa shape index (κ3) is 3.80. The number of rotatable bonds is 3. The second kappa shape index (κ2) is 6.53. The number of likely N-dealkylation sites (N-methyl/N-ethyl adjacent to an activating group) is 1. The van der Waals surface area contributed by atoms with Crippen LogP contribution in [0, 0.1) is 13.8 Å². The van der Waals surface area contributed by atoms with Crippen molar-refractivity contribution in [2.24, 2.45) is 4.99 Å². The normalized spacial score (nSPS) is 14.5. The molecule has 1 aliphatic heterocycles. The zero-order valence-corrected chi connectivity index (χ0v) is 13.6. The van der Waals surface area contributed by atoms with Crippen molar-refractivity contribution in [1.29, 1.82) is 0 Å². The van der Waals surface area contributed by atoms with Gasteiger partial charge in [-0.15, -0.1) is 35.3 Å². The molecule has 1 N–H and O–H groups in total. The van der Waals surface area contributed by atoms with Gasteiger partial charge in [0.1, 0.15) is 0 Å². The molecule has 2 rings (SSSR count). The fourth-order valence-electron chi connectivity index (χ4n) is 1.82. The first-order chi connectivity index (χ1) is 7.66. The first-order valence-corrected chi connectivity index (χ1v) is 6.41. The van der Waals surface area contributed by atoms with Crippen molar-refractivity contribution >= 4 is 41.3 Å². The van der Waals surface area contributed by atoms with E-state index in [2.05, 4.69) is 41.1 Å². The van der Waals surface area contributed by atoms with Crippen LogP contribution in [0.5, 0.6) is 0 Å². The molecule has 0 spiro atoms. The van der Waals surface area contributed by atoms with Crippen LogP contribution < -0.4 is 5.32 Å². The van der Waals surface area contributed by atoms with E-state index in [4.69, 9.17) is 0 Å². The molecule has 0 atom stereocenters. The zero-order valence-electron chi connectivity index (χ0n) is 10.5. The van der Waals surface area contributed by atoms with Crippen molar-refractivity contribution in [1.82, 2.24) is 15.2 Å². The van der Waals surface area contributed by atoms with Gasteiger partial charge in [0.25, 0.3) is 0 Å². The lowest BCUT2D eigenvalue weighted by molar-refractivity contribution is 0.534. The van der Waals surface area contributed by atoms with Crippen molar-refractivity contribution in [3.8, 4) is 0 Å². The summed E-state index contributed by atoms with van der Waals surface area (Å²) in [5, 5.41) is 4.53. The van der Waals surface area contributed by atoms with Gasteiger partial charge in [-0.2, -0.15) is 0 Å². The number of aromatic nitrogens is 1. The number of hydrogen-bond acceptors (Lipinski definition) is 5. The van der Waals surface area contributed by atoms with E-state index in [0.717, 1.165) is 37.0 Å². The van der Waals surface area contributed by atoms with Crippen LogP contribution in [0.1, 0.15) is 15.6 Å². The van der Waals surface area contributed by atoms with Gasteiger partial charge in [-0.25, -0.2) is 4.98 Å². The lowest BCUT2D eigenvalue weighted by Gasteiger charge is -2.14. The second-order valence-electron chi connectivity index (χ2n) is 4.05. The Hall–Kier alpha value is -0.370. The Balaban J connectivity index is 0.00000144. The Labute approximate surface area is 124 Å². The number of guanidine groups is 1. The standard InChI is InChI=1S/C11H18N4S.HI/c1-8-10(16-9(2)14-8)4-5-12-11-13-6-7-15(11)3;/h4-7H2,1-3H3,(H,12,13);1H. The molecule has 17 heavy (non-hydrogen) atoms. The van der Waals surface area contributed by atoms with Crippen LogP contribution >= 0.6 is 35.3 Å². The summed E-state index contributed by atoms with van der Waals surface area (Å²) in [5.41, 5.74) is 1.17. The van der Waals surface area contributed by atoms with Gasteiger partial charge in [0.2, 0.25) is 0 Å². The van der Waals surface area contributed by atoms with Crippen molar-refractivity contribution < 1.29 is 0 Å². The van der Waals surface area contributed by atoms with Crippen LogP contribution in [0.15, 0.2) is 4.99 Å². The van der Waals surface area contributed by atoms with Gasteiger partial charge in [0.15, 0.2) is 5.96 Å². The predicted octanol–water partition coefficient (Wildman–Crippen LogP) is 1.81. The largest absolute Gasteiger partial charge is 0.356 e. The fourth-order valence-corrected chi connectivity index (χ4v) is 2.75. The highest BCUT2D eigenvalue weighted by molar-refractivity contribution is 14.0. The molecule has 96 valence electrons. The van der Waals surface area contributed by atoms with Crippen LogP contribution in [-0.2, 0) is 6.42 Å². The molecule has 6 heteroatoms. The quantitative estimate of drug-likeness (QED) is 0.830. The van der Waals surface area contributed by atoms with Crippen molar-refractivity contribution in [3.05, 3.63) is 15.6 Å². The summed E-state index contributed by atoms with van der Waals surface area (Å²) in [4.78, 5) is 12.4. The SMILES string of the molecule is Cc1nc(C)c(CCNC2=NCCN2C)s1.I. The Morgan fingerprint density at radius 1 is 1.41 bits per heavy atom. The minimum Gasteiger partial charge on any atom is -0.356 e.